The molecule has 0 radical (unpaired) electrons. The lowest BCUT2D eigenvalue weighted by molar-refractivity contribution is 0.0958. The third-order valence-corrected chi connectivity index (χ3v) is 4.10. The molecule has 2 aromatic carbocycles. The van der Waals surface area contributed by atoms with E-state index in [-0.39, 0.29) is 5.78 Å². The molecule has 0 unspecified atom stereocenters. The fourth-order valence-corrected chi connectivity index (χ4v) is 2.79. The highest BCUT2D eigenvalue weighted by molar-refractivity contribution is 9.10. The number of ether oxygens (including phenoxy) is 2. The highest BCUT2D eigenvalue weighted by atomic mass is 79.9. The Bertz CT molecular complexity index is 788. The average molecular weight is 405 g/mol. The molecule has 6 heteroatoms. The molecule has 0 bridgehead atoms. The van der Waals surface area contributed by atoms with Crippen molar-refractivity contribution < 1.29 is 14.3 Å². The zero-order valence-corrected chi connectivity index (χ0v) is 16.3. The van der Waals surface area contributed by atoms with Crippen LogP contribution in [0.5, 0.6) is 11.5 Å². The molecular formula is C19H21BrN2O3. The minimum Gasteiger partial charge on any atom is -0.496 e. The number of likely N-dealkylation sites (N-methyl/N-ethyl adjacent to an activating group) is 1. The van der Waals surface area contributed by atoms with Crippen molar-refractivity contribution >= 4 is 33.6 Å². The van der Waals surface area contributed by atoms with Crippen LogP contribution in [-0.2, 0) is 0 Å². The summed E-state index contributed by atoms with van der Waals surface area (Å²) in [6, 6.07) is 10.9. The number of rotatable bonds is 7. The predicted molar refractivity (Wildman–Crippen MR) is 104 cm³/mol. The summed E-state index contributed by atoms with van der Waals surface area (Å²) in [6.45, 7) is 0.367. The Morgan fingerprint density at radius 1 is 1.16 bits per heavy atom. The van der Waals surface area contributed by atoms with Gasteiger partial charge < -0.3 is 14.4 Å². The third-order valence-electron chi connectivity index (χ3n) is 3.48. The fraction of sp³-hybridized carbons (Fsp3) is 0.263. The van der Waals surface area contributed by atoms with Crippen molar-refractivity contribution in [2.75, 3.05) is 34.9 Å². The summed E-state index contributed by atoms with van der Waals surface area (Å²) in [5.41, 5.74) is 2.16. The van der Waals surface area contributed by atoms with E-state index in [4.69, 9.17) is 9.47 Å². The lowest BCUT2D eigenvalue weighted by Crippen LogP contribution is -2.21. The molecule has 0 amide bonds. The summed E-state index contributed by atoms with van der Waals surface area (Å²) in [7, 11) is 6.94. The molecule has 0 aliphatic carbocycles. The minimum atomic E-state index is 0.0619. The molecule has 0 saturated carbocycles. The van der Waals surface area contributed by atoms with Crippen LogP contribution >= 0.6 is 15.9 Å². The Morgan fingerprint density at radius 2 is 1.88 bits per heavy atom. The molecule has 0 N–H and O–H groups in total. The molecule has 25 heavy (non-hydrogen) atoms. The van der Waals surface area contributed by atoms with Gasteiger partial charge >= 0.3 is 0 Å². The maximum absolute atomic E-state index is 12.2. The van der Waals surface area contributed by atoms with Crippen molar-refractivity contribution in [3.8, 4) is 11.5 Å². The molecule has 0 heterocycles. The highest BCUT2D eigenvalue weighted by Crippen LogP contribution is 2.32. The Balaban J connectivity index is 2.28. The lowest BCUT2D eigenvalue weighted by atomic mass is 10.1. The van der Waals surface area contributed by atoms with E-state index in [9.17, 15) is 4.79 Å². The molecule has 132 valence electrons. The van der Waals surface area contributed by atoms with Gasteiger partial charge in [0.15, 0.2) is 5.78 Å². The van der Waals surface area contributed by atoms with Gasteiger partial charge in [-0.3, -0.25) is 9.79 Å². The van der Waals surface area contributed by atoms with Gasteiger partial charge in [0.2, 0.25) is 0 Å². The van der Waals surface area contributed by atoms with Gasteiger partial charge in [0.25, 0.3) is 0 Å². The van der Waals surface area contributed by atoms with Gasteiger partial charge in [0, 0.05) is 23.4 Å². The summed E-state index contributed by atoms with van der Waals surface area (Å²) in [5, 5.41) is 0. The van der Waals surface area contributed by atoms with E-state index >= 15 is 0 Å². The topological polar surface area (TPSA) is 51.1 Å². The predicted octanol–water partition coefficient (Wildman–Crippen LogP) is 3.96. The molecule has 0 spiro atoms. The number of methoxy groups -OCH3 is 2. The molecule has 5 nitrogen and oxygen atoms in total. The Kier molecular flexibility index (Phi) is 6.73. The molecule has 0 saturated heterocycles. The van der Waals surface area contributed by atoms with E-state index < -0.39 is 0 Å². The van der Waals surface area contributed by atoms with Crippen LogP contribution < -0.4 is 9.47 Å². The molecule has 0 fully saturated rings. The Labute approximate surface area is 156 Å². The fourth-order valence-electron chi connectivity index (χ4n) is 2.27. The van der Waals surface area contributed by atoms with Crippen LogP contribution in [0.1, 0.15) is 15.9 Å². The molecule has 0 atom stereocenters. The van der Waals surface area contributed by atoms with Crippen molar-refractivity contribution in [1.29, 1.82) is 0 Å². The monoisotopic (exact) mass is 404 g/mol. The first-order chi connectivity index (χ1) is 11.9. The maximum atomic E-state index is 12.2. The van der Waals surface area contributed by atoms with Crippen molar-refractivity contribution in [3.63, 3.8) is 0 Å². The summed E-state index contributed by atoms with van der Waals surface area (Å²) in [5.74, 6) is 1.40. The standard InChI is InChI=1S/C19H21BrN2O3/c1-22(2)12-17(23)13-6-5-7-15(8-13)21-11-14-9-16(20)19(25-4)10-18(14)24-3/h5-11H,12H2,1-4H3. The van der Waals surface area contributed by atoms with E-state index in [0.29, 0.717) is 29.3 Å². The molecule has 0 aliphatic heterocycles. The zero-order chi connectivity index (χ0) is 18.4. The van der Waals surface area contributed by atoms with Crippen LogP contribution in [0.15, 0.2) is 45.9 Å². The van der Waals surface area contributed by atoms with Gasteiger partial charge in [-0.15, -0.1) is 0 Å². The largest absolute Gasteiger partial charge is 0.496 e. The number of benzene rings is 2. The molecule has 0 aliphatic rings. The van der Waals surface area contributed by atoms with Crippen molar-refractivity contribution in [1.82, 2.24) is 4.90 Å². The number of nitrogens with zero attached hydrogens (tertiary/aromatic N) is 2. The zero-order valence-electron chi connectivity index (χ0n) is 14.7. The van der Waals surface area contributed by atoms with E-state index in [1.54, 1.807) is 38.6 Å². The quantitative estimate of drug-likeness (QED) is 0.517. The Hall–Kier alpha value is -2.18. The summed E-state index contributed by atoms with van der Waals surface area (Å²) < 4.78 is 11.5. The first-order valence-corrected chi connectivity index (χ1v) is 8.47. The normalized spacial score (nSPS) is 11.1. The number of carbonyl (C=O) groups excluding carboxylic acids is 1. The lowest BCUT2D eigenvalue weighted by Gasteiger charge is -2.10. The summed E-state index contributed by atoms with van der Waals surface area (Å²) in [6.07, 6.45) is 1.71. The molecule has 2 rings (SSSR count). The second kappa shape index (κ2) is 8.78. The van der Waals surface area contributed by atoms with Gasteiger partial charge in [0.1, 0.15) is 11.5 Å². The highest BCUT2D eigenvalue weighted by Gasteiger charge is 2.09. The molecular weight excluding hydrogens is 384 g/mol. The number of carbonyl (C=O) groups is 1. The van der Waals surface area contributed by atoms with E-state index in [0.717, 1.165) is 10.0 Å². The van der Waals surface area contributed by atoms with Crippen LogP contribution in [0, 0.1) is 0 Å². The van der Waals surface area contributed by atoms with Crippen molar-refractivity contribution in [2.45, 2.75) is 0 Å². The summed E-state index contributed by atoms with van der Waals surface area (Å²) >= 11 is 3.46. The molecule has 0 aromatic heterocycles. The number of hydrogen-bond donors (Lipinski definition) is 0. The van der Waals surface area contributed by atoms with E-state index in [1.807, 2.05) is 37.2 Å². The van der Waals surface area contributed by atoms with Crippen LogP contribution in [0.2, 0.25) is 0 Å². The number of Topliss-reactive ketones (excluding diaryl/α,β-unsaturated/α-hetero) is 1. The van der Waals surface area contributed by atoms with Gasteiger partial charge in [-0.1, -0.05) is 12.1 Å². The van der Waals surface area contributed by atoms with Crippen LogP contribution in [0.25, 0.3) is 0 Å². The number of halogens is 1. The van der Waals surface area contributed by atoms with Crippen LogP contribution in [-0.4, -0.2) is 51.8 Å². The van der Waals surface area contributed by atoms with Crippen LogP contribution in [0.3, 0.4) is 0 Å². The second-order valence-corrected chi connectivity index (χ2v) is 6.55. The maximum Gasteiger partial charge on any atom is 0.176 e. The number of hydrogen-bond acceptors (Lipinski definition) is 5. The number of aliphatic imine (C=N–C) groups is 1. The van der Waals surface area contributed by atoms with Gasteiger partial charge in [0.05, 0.1) is 30.9 Å². The SMILES string of the molecule is COc1cc(OC)c(C=Nc2cccc(C(=O)CN(C)C)c2)cc1Br. The first-order valence-electron chi connectivity index (χ1n) is 7.68. The van der Waals surface area contributed by atoms with Gasteiger partial charge in [-0.2, -0.15) is 0 Å². The second-order valence-electron chi connectivity index (χ2n) is 5.70. The van der Waals surface area contributed by atoms with Crippen molar-refractivity contribution in [3.05, 3.63) is 52.0 Å². The Morgan fingerprint density at radius 3 is 2.52 bits per heavy atom. The van der Waals surface area contributed by atoms with Gasteiger partial charge in [-0.05, 0) is 48.2 Å². The van der Waals surface area contributed by atoms with Crippen LogP contribution in [0.4, 0.5) is 5.69 Å². The average Bonchev–Trinajstić information content (AvgIpc) is 2.59. The van der Waals surface area contributed by atoms with Crippen molar-refractivity contribution in [2.24, 2.45) is 4.99 Å². The number of ketones is 1. The van der Waals surface area contributed by atoms with Gasteiger partial charge in [-0.25, -0.2) is 0 Å². The first kappa shape index (κ1) is 19.1. The third kappa shape index (κ3) is 5.14. The smallest absolute Gasteiger partial charge is 0.176 e. The van der Waals surface area contributed by atoms with E-state index in [1.165, 1.54) is 0 Å². The summed E-state index contributed by atoms with van der Waals surface area (Å²) in [4.78, 5) is 18.5. The molecule has 2 aromatic rings. The minimum absolute atomic E-state index is 0.0619. The van der Waals surface area contributed by atoms with E-state index in [2.05, 4.69) is 20.9 Å².